The van der Waals surface area contributed by atoms with E-state index in [2.05, 4.69) is 16.6 Å². The van der Waals surface area contributed by atoms with Crippen LogP contribution < -0.4 is 4.72 Å². The summed E-state index contributed by atoms with van der Waals surface area (Å²) in [4.78, 5) is 4.34. The molecule has 104 valence electrons. The number of nitrogens with one attached hydrogen (secondary N) is 1. The molecular formula is C13H19N3O2S. The maximum atomic E-state index is 12.2. The van der Waals surface area contributed by atoms with Gasteiger partial charge in [0.25, 0.3) is 10.0 Å². The summed E-state index contributed by atoms with van der Waals surface area (Å²) in [5, 5.41) is 0.126. The van der Waals surface area contributed by atoms with Gasteiger partial charge in [-0.05, 0) is 25.5 Å². The lowest BCUT2D eigenvalue weighted by Gasteiger charge is -2.04. The molecule has 0 saturated carbocycles. The molecule has 0 amide bonds. The second kappa shape index (κ2) is 5.30. The van der Waals surface area contributed by atoms with Gasteiger partial charge in [-0.3, -0.25) is 4.40 Å². The number of aryl methyl sites for hydroxylation is 2. The fourth-order valence-corrected chi connectivity index (χ4v) is 3.38. The number of hydrogen-bond donors (Lipinski definition) is 1. The van der Waals surface area contributed by atoms with Crippen molar-refractivity contribution < 1.29 is 8.42 Å². The molecule has 0 radical (unpaired) electrons. The highest BCUT2D eigenvalue weighted by Crippen LogP contribution is 2.20. The molecule has 1 N–H and O–H groups in total. The van der Waals surface area contributed by atoms with Crippen molar-refractivity contribution in [2.75, 3.05) is 6.54 Å². The monoisotopic (exact) mass is 281 g/mol. The third-order valence-electron chi connectivity index (χ3n) is 2.96. The van der Waals surface area contributed by atoms with E-state index in [1.54, 1.807) is 13.0 Å². The van der Waals surface area contributed by atoms with Crippen molar-refractivity contribution in [3.05, 3.63) is 29.7 Å². The first kappa shape index (κ1) is 14.0. The minimum atomic E-state index is -3.53. The highest BCUT2D eigenvalue weighted by molar-refractivity contribution is 7.89. The first-order valence-electron chi connectivity index (χ1n) is 6.47. The van der Waals surface area contributed by atoms with Gasteiger partial charge in [-0.1, -0.05) is 19.9 Å². The van der Waals surface area contributed by atoms with Crippen molar-refractivity contribution in [3.63, 3.8) is 0 Å². The fourth-order valence-electron chi connectivity index (χ4n) is 2.20. The van der Waals surface area contributed by atoms with Crippen LogP contribution in [-0.4, -0.2) is 24.3 Å². The zero-order chi connectivity index (χ0) is 14.0. The van der Waals surface area contributed by atoms with Crippen molar-refractivity contribution in [1.29, 1.82) is 0 Å². The van der Waals surface area contributed by atoms with Crippen LogP contribution in [0.2, 0.25) is 0 Å². The quantitative estimate of drug-likeness (QED) is 0.910. The molecule has 19 heavy (non-hydrogen) atoms. The number of sulfonamides is 1. The minimum absolute atomic E-state index is 0.126. The fraction of sp³-hybridized carbons (Fsp3) is 0.462. The molecule has 0 fully saturated rings. The van der Waals surface area contributed by atoms with E-state index in [0.717, 1.165) is 24.4 Å². The summed E-state index contributed by atoms with van der Waals surface area (Å²) in [6, 6.07) is 5.61. The van der Waals surface area contributed by atoms with Crippen LogP contribution in [0.4, 0.5) is 0 Å². The number of rotatable bonds is 5. The summed E-state index contributed by atoms with van der Waals surface area (Å²) < 4.78 is 28.8. The van der Waals surface area contributed by atoms with E-state index in [-0.39, 0.29) is 5.03 Å². The average Bonchev–Trinajstić information content (AvgIpc) is 2.71. The second-order valence-electron chi connectivity index (χ2n) is 4.47. The Bertz CT molecular complexity index is 689. The molecule has 2 heterocycles. The van der Waals surface area contributed by atoms with E-state index in [0.29, 0.717) is 12.1 Å². The van der Waals surface area contributed by atoms with Gasteiger partial charge in [0.15, 0.2) is 5.03 Å². The maximum absolute atomic E-state index is 12.2. The van der Waals surface area contributed by atoms with E-state index in [1.807, 2.05) is 23.5 Å². The Hall–Kier alpha value is -1.40. The molecule has 0 aromatic carbocycles. The van der Waals surface area contributed by atoms with Gasteiger partial charge in [0, 0.05) is 18.7 Å². The zero-order valence-electron chi connectivity index (χ0n) is 11.5. The van der Waals surface area contributed by atoms with Crippen molar-refractivity contribution in [3.8, 4) is 0 Å². The van der Waals surface area contributed by atoms with Crippen LogP contribution in [0.15, 0.2) is 23.2 Å². The minimum Gasteiger partial charge on any atom is -0.300 e. The molecule has 2 aromatic heterocycles. The lowest BCUT2D eigenvalue weighted by atomic mass is 10.3. The number of nitrogens with zero attached hydrogens (tertiary/aromatic N) is 2. The number of fused-ring (bicyclic) bond motifs is 1. The average molecular weight is 281 g/mol. The number of imidazole rings is 1. The van der Waals surface area contributed by atoms with Gasteiger partial charge >= 0.3 is 0 Å². The molecule has 0 aliphatic heterocycles. The van der Waals surface area contributed by atoms with E-state index in [1.165, 1.54) is 0 Å². The van der Waals surface area contributed by atoms with Gasteiger partial charge in [0.2, 0.25) is 0 Å². The first-order valence-corrected chi connectivity index (χ1v) is 7.96. The molecule has 0 saturated heterocycles. The highest BCUT2D eigenvalue weighted by atomic mass is 32.2. The lowest BCUT2D eigenvalue weighted by molar-refractivity contribution is 0.581. The summed E-state index contributed by atoms with van der Waals surface area (Å²) in [6.45, 7) is 6.12. The number of hydrogen-bond acceptors (Lipinski definition) is 3. The Balaban J connectivity index is 2.73. The van der Waals surface area contributed by atoms with Gasteiger partial charge in [-0.15, -0.1) is 0 Å². The van der Waals surface area contributed by atoms with E-state index in [4.69, 9.17) is 0 Å². The van der Waals surface area contributed by atoms with Gasteiger partial charge in [-0.25, -0.2) is 18.1 Å². The van der Waals surface area contributed by atoms with Crippen LogP contribution in [0.3, 0.4) is 0 Å². The largest absolute Gasteiger partial charge is 0.300 e. The smallest absolute Gasteiger partial charge is 0.260 e. The topological polar surface area (TPSA) is 63.5 Å². The van der Waals surface area contributed by atoms with Gasteiger partial charge in [0.05, 0.1) is 5.52 Å². The Kier molecular flexibility index (Phi) is 3.91. The summed E-state index contributed by atoms with van der Waals surface area (Å²) in [5.41, 5.74) is 1.63. The van der Waals surface area contributed by atoms with Crippen LogP contribution in [0.25, 0.3) is 5.52 Å². The van der Waals surface area contributed by atoms with Crippen molar-refractivity contribution in [1.82, 2.24) is 14.1 Å². The molecule has 6 heteroatoms. The number of aromatic nitrogens is 2. The summed E-state index contributed by atoms with van der Waals surface area (Å²) >= 11 is 0. The van der Waals surface area contributed by atoms with E-state index >= 15 is 0 Å². The van der Waals surface area contributed by atoms with Crippen LogP contribution in [-0.2, 0) is 16.4 Å². The third kappa shape index (κ3) is 2.50. The summed E-state index contributed by atoms with van der Waals surface area (Å²) in [5.74, 6) is 0.798. The second-order valence-corrected chi connectivity index (χ2v) is 6.15. The molecule has 2 aromatic rings. The van der Waals surface area contributed by atoms with Crippen LogP contribution in [0, 0.1) is 6.92 Å². The van der Waals surface area contributed by atoms with Crippen LogP contribution in [0.1, 0.15) is 31.8 Å². The molecular weight excluding hydrogens is 262 g/mol. The maximum Gasteiger partial charge on any atom is 0.260 e. The Morgan fingerprint density at radius 3 is 2.68 bits per heavy atom. The highest BCUT2D eigenvalue weighted by Gasteiger charge is 2.22. The Morgan fingerprint density at radius 1 is 1.32 bits per heavy atom. The zero-order valence-corrected chi connectivity index (χ0v) is 12.3. The standard InChI is InChI=1S/C13H19N3O2S/c1-4-7-12-15-13(19(17,18)14-5-2)11-9-6-8-10(3)16(11)12/h6,8-9,14H,4-5,7H2,1-3H3. The Labute approximate surface area is 113 Å². The van der Waals surface area contributed by atoms with Crippen LogP contribution in [0.5, 0.6) is 0 Å². The van der Waals surface area contributed by atoms with Crippen molar-refractivity contribution >= 4 is 15.5 Å². The predicted octanol–water partition coefficient (Wildman–Crippen LogP) is 1.89. The molecule has 0 bridgehead atoms. The number of pyridine rings is 1. The molecule has 0 unspecified atom stereocenters. The first-order chi connectivity index (χ1) is 9.01. The SMILES string of the molecule is CCCc1nc(S(=O)(=O)NCC)c2cccc(C)n12. The van der Waals surface area contributed by atoms with Gasteiger partial charge in [0.1, 0.15) is 5.82 Å². The molecule has 2 rings (SSSR count). The predicted molar refractivity (Wildman–Crippen MR) is 74.8 cm³/mol. The van der Waals surface area contributed by atoms with Gasteiger partial charge < -0.3 is 0 Å². The van der Waals surface area contributed by atoms with Crippen LogP contribution >= 0.6 is 0 Å². The van der Waals surface area contributed by atoms with Crippen molar-refractivity contribution in [2.45, 2.75) is 38.6 Å². The summed E-state index contributed by atoms with van der Waals surface area (Å²) in [7, 11) is -3.53. The molecule has 0 atom stereocenters. The lowest BCUT2D eigenvalue weighted by Crippen LogP contribution is -2.23. The summed E-state index contributed by atoms with van der Waals surface area (Å²) in [6.07, 6.45) is 1.68. The van der Waals surface area contributed by atoms with E-state index in [9.17, 15) is 8.42 Å². The van der Waals surface area contributed by atoms with Crippen molar-refractivity contribution in [2.24, 2.45) is 0 Å². The molecule has 0 aliphatic carbocycles. The Morgan fingerprint density at radius 2 is 2.05 bits per heavy atom. The third-order valence-corrected chi connectivity index (χ3v) is 4.43. The molecule has 0 spiro atoms. The normalized spacial score (nSPS) is 12.2. The molecule has 5 nitrogen and oxygen atoms in total. The van der Waals surface area contributed by atoms with Gasteiger partial charge in [-0.2, -0.15) is 0 Å². The molecule has 0 aliphatic rings. The van der Waals surface area contributed by atoms with E-state index < -0.39 is 10.0 Å².